The first-order chi connectivity index (χ1) is 7.08. The van der Waals surface area contributed by atoms with E-state index in [0.29, 0.717) is 0 Å². The van der Waals surface area contributed by atoms with E-state index in [4.69, 9.17) is 0 Å². The molecule has 0 aliphatic heterocycles. The molecule has 78 valence electrons. The zero-order chi connectivity index (χ0) is 11.0. The van der Waals surface area contributed by atoms with Crippen molar-refractivity contribution in [3.8, 4) is 0 Å². The van der Waals surface area contributed by atoms with Crippen molar-refractivity contribution >= 4 is 17.1 Å². The van der Waals surface area contributed by atoms with Crippen LogP contribution in [0.25, 0.3) is 5.52 Å². The predicted molar refractivity (Wildman–Crippen MR) is 61.2 cm³/mol. The molecular weight excluding hydrogens is 188 g/mol. The second-order valence-electron chi connectivity index (χ2n) is 3.83. The maximum absolute atomic E-state index is 11.0. The summed E-state index contributed by atoms with van der Waals surface area (Å²) in [4.78, 5) is 11.0. The van der Waals surface area contributed by atoms with Gasteiger partial charge in [-0.2, -0.15) is 0 Å². The number of nitrogens with one attached hydrogen (secondary N) is 1. The van der Waals surface area contributed by atoms with Gasteiger partial charge in [-0.3, -0.25) is 4.79 Å². The van der Waals surface area contributed by atoms with Crippen molar-refractivity contribution in [3.05, 3.63) is 35.7 Å². The van der Waals surface area contributed by atoms with Crippen molar-refractivity contribution in [2.45, 2.75) is 20.8 Å². The van der Waals surface area contributed by atoms with Gasteiger partial charge in [0, 0.05) is 24.3 Å². The van der Waals surface area contributed by atoms with E-state index in [1.54, 1.807) is 0 Å². The molecule has 0 bridgehead atoms. The Kier molecular flexibility index (Phi) is 2.23. The maximum Gasteiger partial charge on any atom is 0.221 e. The van der Waals surface area contributed by atoms with E-state index in [1.165, 1.54) is 12.5 Å². The standard InChI is InChI=1S/C12H14N2O/c1-8-4-5-11-6-12(13-10(3)15)9(2)14(11)7-8/h4-7H,1-3H3,(H,13,15). The van der Waals surface area contributed by atoms with Gasteiger partial charge in [0.05, 0.1) is 5.69 Å². The number of aryl methyl sites for hydroxylation is 2. The summed E-state index contributed by atoms with van der Waals surface area (Å²) < 4.78 is 2.08. The molecule has 0 radical (unpaired) electrons. The van der Waals surface area contributed by atoms with Crippen molar-refractivity contribution in [1.29, 1.82) is 0 Å². The highest BCUT2D eigenvalue weighted by atomic mass is 16.1. The average molecular weight is 202 g/mol. The Morgan fingerprint density at radius 2 is 2.07 bits per heavy atom. The van der Waals surface area contributed by atoms with E-state index in [9.17, 15) is 4.79 Å². The molecule has 0 aromatic carbocycles. The molecule has 0 aliphatic carbocycles. The fourth-order valence-corrected chi connectivity index (χ4v) is 1.72. The van der Waals surface area contributed by atoms with E-state index in [-0.39, 0.29) is 5.91 Å². The Morgan fingerprint density at radius 1 is 1.33 bits per heavy atom. The third-order valence-electron chi connectivity index (χ3n) is 2.48. The number of carbonyl (C=O) groups excluding carboxylic acids is 1. The highest BCUT2D eigenvalue weighted by molar-refractivity contribution is 5.90. The maximum atomic E-state index is 11.0. The summed E-state index contributed by atoms with van der Waals surface area (Å²) in [5.74, 6) is -0.0364. The quantitative estimate of drug-likeness (QED) is 0.757. The molecule has 0 spiro atoms. The van der Waals surface area contributed by atoms with Gasteiger partial charge < -0.3 is 9.72 Å². The number of anilines is 1. The van der Waals surface area contributed by atoms with Gasteiger partial charge in [0.1, 0.15) is 0 Å². The molecule has 3 heteroatoms. The van der Waals surface area contributed by atoms with Crippen LogP contribution in [0.3, 0.4) is 0 Å². The van der Waals surface area contributed by atoms with E-state index >= 15 is 0 Å². The highest BCUT2D eigenvalue weighted by Gasteiger charge is 2.06. The number of fused-ring (bicyclic) bond motifs is 1. The van der Waals surface area contributed by atoms with Crippen LogP contribution in [0.4, 0.5) is 5.69 Å². The minimum Gasteiger partial charge on any atom is -0.325 e. The minimum absolute atomic E-state index is 0.0364. The summed E-state index contributed by atoms with van der Waals surface area (Å²) in [6.07, 6.45) is 2.07. The van der Waals surface area contributed by atoms with Gasteiger partial charge in [-0.25, -0.2) is 0 Å². The summed E-state index contributed by atoms with van der Waals surface area (Å²) in [7, 11) is 0. The number of nitrogens with zero attached hydrogens (tertiary/aromatic N) is 1. The second-order valence-corrected chi connectivity index (χ2v) is 3.83. The van der Waals surface area contributed by atoms with Crippen LogP contribution in [-0.4, -0.2) is 10.3 Å². The SMILES string of the molecule is CC(=O)Nc1cc2ccc(C)cn2c1C. The van der Waals surface area contributed by atoms with Gasteiger partial charge in [-0.05, 0) is 31.5 Å². The van der Waals surface area contributed by atoms with Crippen molar-refractivity contribution in [2.24, 2.45) is 0 Å². The predicted octanol–water partition coefficient (Wildman–Crippen LogP) is 2.51. The van der Waals surface area contributed by atoms with Crippen LogP contribution in [0.1, 0.15) is 18.2 Å². The fraction of sp³-hybridized carbons (Fsp3) is 0.250. The smallest absolute Gasteiger partial charge is 0.221 e. The Hall–Kier alpha value is -1.77. The average Bonchev–Trinajstić information content (AvgIpc) is 2.44. The highest BCUT2D eigenvalue weighted by Crippen LogP contribution is 2.21. The van der Waals surface area contributed by atoms with Crippen molar-refractivity contribution < 1.29 is 4.79 Å². The summed E-state index contributed by atoms with van der Waals surface area (Å²) in [5.41, 5.74) is 4.24. The Bertz CT molecular complexity index is 526. The molecule has 0 atom stereocenters. The molecule has 1 amide bonds. The number of carbonyl (C=O) groups is 1. The molecule has 2 aromatic rings. The summed E-state index contributed by atoms with van der Waals surface area (Å²) in [6, 6.07) is 6.09. The number of hydrogen-bond acceptors (Lipinski definition) is 1. The molecule has 0 unspecified atom stereocenters. The van der Waals surface area contributed by atoms with Gasteiger partial charge >= 0.3 is 0 Å². The number of pyridine rings is 1. The first-order valence-corrected chi connectivity index (χ1v) is 4.94. The first-order valence-electron chi connectivity index (χ1n) is 4.94. The van der Waals surface area contributed by atoms with Crippen molar-refractivity contribution in [2.75, 3.05) is 5.32 Å². The lowest BCUT2D eigenvalue weighted by Gasteiger charge is -2.01. The zero-order valence-corrected chi connectivity index (χ0v) is 9.16. The van der Waals surface area contributed by atoms with Crippen LogP contribution >= 0.6 is 0 Å². The van der Waals surface area contributed by atoms with Gasteiger partial charge in [0.15, 0.2) is 0 Å². The summed E-state index contributed by atoms with van der Waals surface area (Å²) in [6.45, 7) is 5.57. The van der Waals surface area contributed by atoms with Crippen LogP contribution in [-0.2, 0) is 4.79 Å². The lowest BCUT2D eigenvalue weighted by Crippen LogP contribution is -2.06. The van der Waals surface area contributed by atoms with Crippen LogP contribution in [0.5, 0.6) is 0 Å². The third-order valence-corrected chi connectivity index (χ3v) is 2.48. The molecule has 2 heterocycles. The largest absolute Gasteiger partial charge is 0.325 e. The molecular formula is C12H14N2O. The molecule has 0 saturated heterocycles. The number of rotatable bonds is 1. The lowest BCUT2D eigenvalue weighted by molar-refractivity contribution is -0.114. The Balaban J connectivity index is 2.59. The van der Waals surface area contributed by atoms with Gasteiger partial charge in [0.2, 0.25) is 5.91 Å². The van der Waals surface area contributed by atoms with Crippen LogP contribution in [0.15, 0.2) is 24.4 Å². The molecule has 0 fully saturated rings. The molecule has 2 rings (SSSR count). The topological polar surface area (TPSA) is 33.5 Å². The van der Waals surface area contributed by atoms with Crippen LogP contribution in [0, 0.1) is 13.8 Å². The number of hydrogen-bond donors (Lipinski definition) is 1. The molecule has 3 nitrogen and oxygen atoms in total. The number of aromatic nitrogens is 1. The van der Waals surface area contributed by atoms with Crippen molar-refractivity contribution in [1.82, 2.24) is 4.40 Å². The number of amides is 1. The Labute approximate surface area is 88.7 Å². The molecule has 15 heavy (non-hydrogen) atoms. The monoisotopic (exact) mass is 202 g/mol. The molecule has 2 aromatic heterocycles. The van der Waals surface area contributed by atoms with Crippen molar-refractivity contribution in [3.63, 3.8) is 0 Å². The van der Waals surface area contributed by atoms with Gasteiger partial charge in [-0.1, -0.05) is 6.07 Å². The second kappa shape index (κ2) is 3.42. The van der Waals surface area contributed by atoms with E-state index in [0.717, 1.165) is 16.9 Å². The van der Waals surface area contributed by atoms with Crippen LogP contribution in [0.2, 0.25) is 0 Å². The Morgan fingerprint density at radius 3 is 2.73 bits per heavy atom. The van der Waals surface area contributed by atoms with Gasteiger partial charge in [-0.15, -0.1) is 0 Å². The third kappa shape index (κ3) is 1.73. The fourth-order valence-electron chi connectivity index (χ4n) is 1.72. The summed E-state index contributed by atoms with van der Waals surface area (Å²) in [5, 5.41) is 2.82. The molecule has 1 N–H and O–H groups in total. The van der Waals surface area contributed by atoms with E-state index in [2.05, 4.69) is 28.9 Å². The molecule has 0 aliphatic rings. The van der Waals surface area contributed by atoms with E-state index in [1.807, 2.05) is 19.1 Å². The summed E-state index contributed by atoms with van der Waals surface area (Å²) >= 11 is 0. The first kappa shape index (κ1) is 9.77. The lowest BCUT2D eigenvalue weighted by atomic mass is 10.3. The minimum atomic E-state index is -0.0364. The van der Waals surface area contributed by atoms with Crippen LogP contribution < -0.4 is 5.32 Å². The molecule has 0 saturated carbocycles. The zero-order valence-electron chi connectivity index (χ0n) is 9.16. The van der Waals surface area contributed by atoms with E-state index < -0.39 is 0 Å². The normalized spacial score (nSPS) is 10.6. The van der Waals surface area contributed by atoms with Gasteiger partial charge in [0.25, 0.3) is 0 Å².